The fourth-order valence-electron chi connectivity index (χ4n) is 2.79. The highest BCUT2D eigenvalue weighted by atomic mass is 35.5. The van der Waals surface area contributed by atoms with Gasteiger partial charge in [-0.2, -0.15) is 0 Å². The molecule has 0 heterocycles. The highest BCUT2D eigenvalue weighted by Gasteiger charge is 2.38. The summed E-state index contributed by atoms with van der Waals surface area (Å²) in [7, 11) is 0. The Balaban J connectivity index is 3.88. The van der Waals surface area contributed by atoms with Gasteiger partial charge in [0.15, 0.2) is 12.1 Å². The summed E-state index contributed by atoms with van der Waals surface area (Å²) in [4.78, 5) is 11.7. The number of aliphatic hydroxyl groups is 1. The molecule has 1 atom stereocenters. The Kier molecular flexibility index (Phi) is 6.13. The SMILES string of the molecule is [CH2]C(O)(OCCCl)c1c(C=O)cc(C(C)(C)C)c(O)c1C(C)(C)C. The lowest BCUT2D eigenvalue weighted by Gasteiger charge is -2.35. The molecule has 0 aromatic heterocycles. The molecule has 24 heavy (non-hydrogen) atoms. The van der Waals surface area contributed by atoms with Crippen molar-refractivity contribution >= 4 is 17.9 Å². The highest BCUT2D eigenvalue weighted by Crippen LogP contribution is 2.45. The van der Waals surface area contributed by atoms with Crippen LogP contribution in [0.4, 0.5) is 0 Å². The van der Waals surface area contributed by atoms with E-state index >= 15 is 0 Å². The van der Waals surface area contributed by atoms with Crippen LogP contribution < -0.4 is 0 Å². The van der Waals surface area contributed by atoms with Crippen LogP contribution in [0.1, 0.15) is 68.6 Å². The average Bonchev–Trinajstić information content (AvgIpc) is 2.41. The second-order valence-electron chi connectivity index (χ2n) is 8.05. The number of hydrogen-bond acceptors (Lipinski definition) is 4. The van der Waals surface area contributed by atoms with Crippen LogP contribution in [0.5, 0.6) is 5.75 Å². The number of aromatic hydroxyl groups is 1. The standard InChI is InChI=1S/C19H28ClO4/c1-17(2,3)13-10-12(11-21)14(19(7,23)24-9-8-20)15(16(13)22)18(4,5)6/h10-11,22-23H,7-9H2,1-6H3. The molecule has 0 aliphatic rings. The number of phenolic OH excluding ortho intramolecular Hbond substituents is 1. The molecule has 0 fully saturated rings. The molecule has 135 valence electrons. The Labute approximate surface area is 149 Å². The van der Waals surface area contributed by atoms with Gasteiger partial charge in [-0.15, -0.1) is 11.6 Å². The van der Waals surface area contributed by atoms with Crippen molar-refractivity contribution in [2.45, 2.75) is 58.2 Å². The smallest absolute Gasteiger partial charge is 0.193 e. The number of aldehydes is 1. The predicted molar refractivity (Wildman–Crippen MR) is 96.8 cm³/mol. The molecular weight excluding hydrogens is 328 g/mol. The van der Waals surface area contributed by atoms with Gasteiger partial charge in [-0.25, -0.2) is 0 Å². The van der Waals surface area contributed by atoms with Crippen molar-refractivity contribution in [3.8, 4) is 5.75 Å². The Morgan fingerprint density at radius 3 is 2.08 bits per heavy atom. The van der Waals surface area contributed by atoms with Gasteiger partial charge >= 0.3 is 0 Å². The summed E-state index contributed by atoms with van der Waals surface area (Å²) in [6.45, 7) is 15.3. The largest absolute Gasteiger partial charge is 0.507 e. The fourth-order valence-corrected chi connectivity index (χ4v) is 2.87. The molecule has 0 aliphatic heterocycles. The summed E-state index contributed by atoms with van der Waals surface area (Å²) in [6.07, 6.45) is 0.652. The molecule has 1 radical (unpaired) electrons. The molecule has 0 aliphatic carbocycles. The van der Waals surface area contributed by atoms with Crippen LogP contribution in [-0.4, -0.2) is 29.0 Å². The quantitative estimate of drug-likeness (QED) is 0.475. The Hall–Kier alpha value is -1.10. The topological polar surface area (TPSA) is 66.8 Å². The van der Waals surface area contributed by atoms with Gasteiger partial charge < -0.3 is 14.9 Å². The molecule has 5 heteroatoms. The minimum absolute atomic E-state index is 0.0483. The van der Waals surface area contributed by atoms with Crippen LogP contribution in [0.25, 0.3) is 0 Å². The van der Waals surface area contributed by atoms with Gasteiger partial charge in [0, 0.05) is 35.1 Å². The van der Waals surface area contributed by atoms with Gasteiger partial charge in [-0.3, -0.25) is 4.79 Å². The molecule has 1 aromatic carbocycles. The van der Waals surface area contributed by atoms with Crippen molar-refractivity contribution in [3.63, 3.8) is 0 Å². The first kappa shape index (κ1) is 20.9. The van der Waals surface area contributed by atoms with E-state index in [-0.39, 0.29) is 34.8 Å². The van der Waals surface area contributed by atoms with Gasteiger partial charge in [0.1, 0.15) is 5.75 Å². The first-order valence-corrected chi connectivity index (χ1v) is 8.45. The van der Waals surface area contributed by atoms with Gasteiger partial charge in [0.25, 0.3) is 0 Å². The number of benzene rings is 1. The molecule has 1 unspecified atom stereocenters. The summed E-state index contributed by atoms with van der Waals surface area (Å²) in [5.41, 5.74) is 0.580. The van der Waals surface area contributed by atoms with E-state index in [1.807, 2.05) is 41.5 Å². The van der Waals surface area contributed by atoms with Crippen LogP contribution in [0.2, 0.25) is 0 Å². The second kappa shape index (κ2) is 7.03. The maximum atomic E-state index is 11.7. The van der Waals surface area contributed by atoms with Gasteiger partial charge in [-0.1, -0.05) is 41.5 Å². The first-order valence-electron chi connectivity index (χ1n) is 7.91. The van der Waals surface area contributed by atoms with Gasteiger partial charge in [0.2, 0.25) is 0 Å². The first-order chi connectivity index (χ1) is 10.8. The minimum atomic E-state index is -1.98. The molecule has 1 rings (SSSR count). The number of rotatable bonds is 5. The number of carbonyl (C=O) groups excluding carboxylic acids is 1. The van der Waals surface area contributed by atoms with Crippen LogP contribution in [0.15, 0.2) is 6.07 Å². The van der Waals surface area contributed by atoms with Crippen molar-refractivity contribution in [1.29, 1.82) is 0 Å². The average molecular weight is 356 g/mol. The summed E-state index contributed by atoms with van der Waals surface area (Å²) in [5.74, 6) is -1.76. The van der Waals surface area contributed by atoms with Crippen molar-refractivity contribution < 1.29 is 19.7 Å². The summed E-state index contributed by atoms with van der Waals surface area (Å²) < 4.78 is 5.37. The van der Waals surface area contributed by atoms with E-state index in [4.69, 9.17) is 16.3 Å². The Morgan fingerprint density at radius 2 is 1.71 bits per heavy atom. The molecule has 4 nitrogen and oxygen atoms in total. The zero-order chi connectivity index (χ0) is 18.9. The molecular formula is C19H28ClO4. The van der Waals surface area contributed by atoms with Gasteiger partial charge in [-0.05, 0) is 16.9 Å². The molecule has 0 amide bonds. The van der Waals surface area contributed by atoms with E-state index in [0.29, 0.717) is 17.4 Å². The summed E-state index contributed by atoms with van der Waals surface area (Å²) in [5, 5.41) is 21.6. The van der Waals surface area contributed by atoms with Crippen molar-refractivity contribution in [2.75, 3.05) is 12.5 Å². The number of phenols is 1. The van der Waals surface area contributed by atoms with Crippen LogP contribution in [-0.2, 0) is 21.4 Å². The van der Waals surface area contributed by atoms with E-state index in [2.05, 4.69) is 6.92 Å². The van der Waals surface area contributed by atoms with E-state index in [9.17, 15) is 15.0 Å². The third kappa shape index (κ3) is 4.29. The van der Waals surface area contributed by atoms with Crippen LogP contribution in [0, 0.1) is 6.92 Å². The minimum Gasteiger partial charge on any atom is -0.507 e. The number of halogens is 1. The molecule has 2 N–H and O–H groups in total. The zero-order valence-corrected chi connectivity index (χ0v) is 16.1. The number of alkyl halides is 1. The maximum absolute atomic E-state index is 11.7. The summed E-state index contributed by atoms with van der Waals surface area (Å²) >= 11 is 5.63. The van der Waals surface area contributed by atoms with Crippen molar-refractivity contribution in [3.05, 3.63) is 35.2 Å². The molecule has 1 aromatic rings. The number of hydrogen-bond donors (Lipinski definition) is 2. The lowest BCUT2D eigenvalue weighted by molar-refractivity contribution is -0.174. The molecule has 0 saturated heterocycles. The Morgan fingerprint density at radius 1 is 1.17 bits per heavy atom. The van der Waals surface area contributed by atoms with E-state index in [1.165, 1.54) is 0 Å². The third-order valence-corrected chi connectivity index (χ3v) is 3.98. The predicted octanol–water partition coefficient (Wildman–Crippen LogP) is 4.03. The highest BCUT2D eigenvalue weighted by molar-refractivity contribution is 6.17. The number of ether oxygens (including phenoxy) is 1. The number of carbonyl (C=O) groups is 1. The molecule has 0 saturated carbocycles. The van der Waals surface area contributed by atoms with E-state index in [1.54, 1.807) is 6.07 Å². The lowest BCUT2D eigenvalue weighted by Crippen LogP contribution is -2.33. The van der Waals surface area contributed by atoms with Crippen LogP contribution >= 0.6 is 11.6 Å². The molecule has 0 bridgehead atoms. The normalized spacial score (nSPS) is 15.2. The summed E-state index contributed by atoms with van der Waals surface area (Å²) in [6, 6.07) is 1.59. The zero-order valence-electron chi connectivity index (χ0n) is 15.4. The monoisotopic (exact) mass is 355 g/mol. The second-order valence-corrected chi connectivity index (χ2v) is 8.43. The van der Waals surface area contributed by atoms with E-state index in [0.717, 1.165) is 0 Å². The van der Waals surface area contributed by atoms with Gasteiger partial charge in [0.05, 0.1) is 6.61 Å². The van der Waals surface area contributed by atoms with E-state index < -0.39 is 11.2 Å². The third-order valence-electron chi connectivity index (χ3n) is 3.82. The fraction of sp³-hybridized carbons (Fsp3) is 0.579. The van der Waals surface area contributed by atoms with Crippen molar-refractivity contribution in [2.24, 2.45) is 0 Å². The maximum Gasteiger partial charge on any atom is 0.193 e. The lowest BCUT2D eigenvalue weighted by atomic mass is 9.74. The van der Waals surface area contributed by atoms with Crippen molar-refractivity contribution in [1.82, 2.24) is 0 Å². The Bertz CT molecular complexity index is 607. The molecule has 0 spiro atoms. The van der Waals surface area contributed by atoms with Crippen LogP contribution in [0.3, 0.4) is 0 Å².